The van der Waals surface area contributed by atoms with Crippen molar-refractivity contribution in [1.82, 2.24) is 0 Å². The highest BCUT2D eigenvalue weighted by Gasteiger charge is 2.05. The second kappa shape index (κ2) is 3.74. The smallest absolute Gasteiger partial charge is 0.235 e. The molecule has 48 valence electrons. The van der Waals surface area contributed by atoms with Crippen LogP contribution in [0.25, 0.3) is 0 Å². The molecule has 1 atom stereocenters. The van der Waals surface area contributed by atoms with Crippen molar-refractivity contribution in [2.24, 2.45) is 11.5 Å². The van der Waals surface area contributed by atoms with Crippen LogP contribution in [0.1, 0.15) is 0 Å². The van der Waals surface area contributed by atoms with E-state index in [0.29, 0.717) is 5.75 Å². The van der Waals surface area contributed by atoms with E-state index in [2.05, 4.69) is 0 Å². The Morgan fingerprint density at radius 1 is 1.88 bits per heavy atom. The highest BCUT2D eigenvalue weighted by Crippen LogP contribution is 1.92. The molecule has 1 amide bonds. The van der Waals surface area contributed by atoms with Crippen LogP contribution in [0, 0.1) is 0 Å². The summed E-state index contributed by atoms with van der Waals surface area (Å²) in [5.41, 5.74) is 10.1. The van der Waals surface area contributed by atoms with Crippen LogP contribution in [0.2, 0.25) is 0 Å². The van der Waals surface area contributed by atoms with Crippen LogP contribution >= 0.6 is 11.8 Å². The fourth-order valence-corrected chi connectivity index (χ4v) is 0.785. The van der Waals surface area contributed by atoms with E-state index in [0.717, 1.165) is 0 Å². The highest BCUT2D eigenvalue weighted by atomic mass is 32.2. The van der Waals surface area contributed by atoms with E-state index in [-0.39, 0.29) is 0 Å². The molecule has 0 bridgehead atoms. The maximum absolute atomic E-state index is 10.2. The van der Waals surface area contributed by atoms with Crippen molar-refractivity contribution in [3.8, 4) is 0 Å². The molecule has 0 aromatic heterocycles. The molecule has 8 heavy (non-hydrogen) atoms. The Kier molecular flexibility index (Phi) is 3.64. The van der Waals surface area contributed by atoms with Crippen molar-refractivity contribution in [1.29, 1.82) is 0 Å². The Balaban J connectivity index is 3.32. The summed E-state index contributed by atoms with van der Waals surface area (Å²) < 4.78 is 0. The quantitative estimate of drug-likeness (QED) is 0.529. The fraction of sp³-hybridized carbons (Fsp3) is 0.750. The molecular weight excluding hydrogens is 124 g/mol. The van der Waals surface area contributed by atoms with Gasteiger partial charge >= 0.3 is 0 Å². The number of carbonyl (C=O) groups is 1. The minimum atomic E-state index is -0.481. The zero-order valence-corrected chi connectivity index (χ0v) is 5.57. The number of thioether (sulfide) groups is 1. The zero-order valence-electron chi connectivity index (χ0n) is 4.76. The van der Waals surface area contributed by atoms with Gasteiger partial charge in [-0.15, -0.1) is 0 Å². The Morgan fingerprint density at radius 2 is 2.38 bits per heavy atom. The minimum absolute atomic E-state index is 0.431. The monoisotopic (exact) mass is 134 g/mol. The van der Waals surface area contributed by atoms with Crippen molar-refractivity contribution in [3.05, 3.63) is 0 Å². The number of amides is 1. The van der Waals surface area contributed by atoms with E-state index in [1.165, 1.54) is 11.8 Å². The van der Waals surface area contributed by atoms with Gasteiger partial charge in [0.15, 0.2) is 0 Å². The van der Waals surface area contributed by atoms with Crippen molar-refractivity contribution in [2.75, 3.05) is 12.0 Å². The molecule has 0 unspecified atom stereocenters. The molecule has 0 saturated carbocycles. The van der Waals surface area contributed by atoms with Crippen molar-refractivity contribution in [3.63, 3.8) is 0 Å². The first kappa shape index (κ1) is 7.78. The van der Waals surface area contributed by atoms with Crippen LogP contribution in [-0.2, 0) is 4.79 Å². The molecule has 0 fully saturated rings. The molecule has 0 heterocycles. The summed E-state index contributed by atoms with van der Waals surface area (Å²) >= 11 is 1.51. The first-order valence-corrected chi connectivity index (χ1v) is 3.61. The highest BCUT2D eigenvalue weighted by molar-refractivity contribution is 7.98. The largest absolute Gasteiger partial charge is 0.368 e. The lowest BCUT2D eigenvalue weighted by atomic mass is 10.3. The lowest BCUT2D eigenvalue weighted by molar-refractivity contribution is -0.118. The Bertz CT molecular complexity index is 86.1. The third kappa shape index (κ3) is 2.87. The van der Waals surface area contributed by atoms with Gasteiger partial charge in [0.25, 0.3) is 0 Å². The summed E-state index contributed by atoms with van der Waals surface area (Å²) in [4.78, 5) is 10.2. The minimum Gasteiger partial charge on any atom is -0.368 e. The van der Waals surface area contributed by atoms with Gasteiger partial charge in [-0.1, -0.05) is 0 Å². The van der Waals surface area contributed by atoms with Crippen molar-refractivity contribution >= 4 is 17.7 Å². The molecule has 0 aliphatic rings. The average molecular weight is 134 g/mol. The van der Waals surface area contributed by atoms with Gasteiger partial charge in [0.05, 0.1) is 6.04 Å². The van der Waals surface area contributed by atoms with E-state index in [1.54, 1.807) is 0 Å². The molecule has 0 rings (SSSR count). The summed E-state index contributed by atoms with van der Waals surface area (Å²) in [5, 5.41) is 0. The van der Waals surface area contributed by atoms with E-state index in [4.69, 9.17) is 11.5 Å². The maximum Gasteiger partial charge on any atom is 0.235 e. The van der Waals surface area contributed by atoms with Gasteiger partial charge in [0, 0.05) is 5.75 Å². The van der Waals surface area contributed by atoms with E-state index >= 15 is 0 Å². The van der Waals surface area contributed by atoms with Crippen molar-refractivity contribution < 1.29 is 4.79 Å². The molecular formula is C4H10N2OS. The van der Waals surface area contributed by atoms with Gasteiger partial charge in [-0.05, 0) is 6.26 Å². The van der Waals surface area contributed by atoms with Crippen molar-refractivity contribution in [2.45, 2.75) is 6.04 Å². The summed E-state index contributed by atoms with van der Waals surface area (Å²) in [6.45, 7) is 0. The number of carbonyl (C=O) groups excluding carboxylic acids is 1. The molecule has 4 heteroatoms. The number of primary amides is 1. The fourth-order valence-electron chi connectivity index (χ4n) is 0.262. The number of hydrogen-bond donors (Lipinski definition) is 2. The van der Waals surface area contributed by atoms with E-state index in [9.17, 15) is 4.79 Å². The van der Waals surface area contributed by atoms with Gasteiger partial charge < -0.3 is 11.5 Å². The topological polar surface area (TPSA) is 69.1 Å². The van der Waals surface area contributed by atoms with Gasteiger partial charge in [-0.2, -0.15) is 11.8 Å². The van der Waals surface area contributed by atoms with Gasteiger partial charge in [0.1, 0.15) is 0 Å². The van der Waals surface area contributed by atoms with Gasteiger partial charge in [-0.25, -0.2) is 0 Å². The zero-order chi connectivity index (χ0) is 6.57. The van der Waals surface area contributed by atoms with Gasteiger partial charge in [0.2, 0.25) is 5.91 Å². The van der Waals surface area contributed by atoms with Crippen LogP contribution in [0.15, 0.2) is 0 Å². The Morgan fingerprint density at radius 3 is 2.50 bits per heavy atom. The first-order valence-electron chi connectivity index (χ1n) is 2.22. The molecule has 3 nitrogen and oxygen atoms in total. The molecule has 0 aromatic rings. The third-order valence-corrected chi connectivity index (χ3v) is 1.40. The lowest BCUT2D eigenvalue weighted by Gasteiger charge is -2.01. The molecule has 0 aromatic carbocycles. The number of hydrogen-bond acceptors (Lipinski definition) is 3. The van der Waals surface area contributed by atoms with E-state index < -0.39 is 11.9 Å². The number of rotatable bonds is 3. The number of nitrogens with two attached hydrogens (primary N) is 2. The predicted molar refractivity (Wildman–Crippen MR) is 35.6 cm³/mol. The second-order valence-electron chi connectivity index (χ2n) is 1.46. The Labute approximate surface area is 52.8 Å². The summed E-state index contributed by atoms with van der Waals surface area (Å²) in [6.07, 6.45) is 1.88. The average Bonchev–Trinajstić information content (AvgIpc) is 1.67. The molecule has 0 aliphatic heterocycles. The molecule has 4 N–H and O–H groups in total. The normalized spacial score (nSPS) is 13.2. The molecule has 0 aliphatic carbocycles. The lowest BCUT2D eigenvalue weighted by Crippen LogP contribution is -2.38. The maximum atomic E-state index is 10.2. The van der Waals surface area contributed by atoms with Crippen LogP contribution in [0.3, 0.4) is 0 Å². The summed E-state index contributed by atoms with van der Waals surface area (Å²) in [5.74, 6) is 0.175. The molecule has 0 saturated heterocycles. The Hall–Kier alpha value is -0.220. The summed E-state index contributed by atoms with van der Waals surface area (Å²) in [7, 11) is 0. The van der Waals surface area contributed by atoms with Crippen LogP contribution < -0.4 is 11.5 Å². The summed E-state index contributed by atoms with van der Waals surface area (Å²) in [6, 6.07) is -0.481. The van der Waals surface area contributed by atoms with Crippen LogP contribution in [0.4, 0.5) is 0 Å². The standard InChI is InChI=1S/C4H10N2OS/c1-8-2-3(5)4(6)7/h3H,2,5H2,1H3,(H2,6,7)/t3-/m0/s1. The van der Waals surface area contributed by atoms with Crippen LogP contribution in [-0.4, -0.2) is 24.0 Å². The predicted octanol–water partition coefficient (Wildman–Crippen LogP) is -0.838. The molecule has 0 radical (unpaired) electrons. The SMILES string of the molecule is CSC[C@H](N)C(N)=O. The third-order valence-electron chi connectivity index (χ3n) is 0.712. The molecule has 0 spiro atoms. The van der Waals surface area contributed by atoms with E-state index in [1.807, 2.05) is 6.26 Å². The van der Waals surface area contributed by atoms with Crippen LogP contribution in [0.5, 0.6) is 0 Å². The van der Waals surface area contributed by atoms with Gasteiger partial charge in [-0.3, -0.25) is 4.79 Å². The first-order chi connectivity index (χ1) is 3.68. The second-order valence-corrected chi connectivity index (χ2v) is 2.37.